The molecule has 1 aliphatic heterocycles. The van der Waals surface area contributed by atoms with Crippen LogP contribution in [0.4, 0.5) is 5.69 Å². The van der Waals surface area contributed by atoms with Crippen LogP contribution in [-0.4, -0.2) is 56.9 Å². The molecule has 0 radical (unpaired) electrons. The maximum atomic E-state index is 13.6. The molecule has 3 aromatic carbocycles. The Morgan fingerprint density at radius 1 is 1.05 bits per heavy atom. The van der Waals surface area contributed by atoms with Crippen molar-refractivity contribution in [3.05, 3.63) is 83.9 Å². The lowest BCUT2D eigenvalue weighted by Crippen LogP contribution is -2.53. The molecule has 0 aromatic heterocycles. The van der Waals surface area contributed by atoms with Gasteiger partial charge in [-0.05, 0) is 55.3 Å². The van der Waals surface area contributed by atoms with E-state index in [2.05, 4.69) is 5.32 Å². The van der Waals surface area contributed by atoms with Gasteiger partial charge in [0.25, 0.3) is 5.91 Å². The second-order valence-electron chi connectivity index (χ2n) is 9.07. The zero-order chi connectivity index (χ0) is 28.0. The molecule has 0 saturated carbocycles. The SMILES string of the molecule is CCOc1ccc(S(=O)(=O)N(CC)CC(=O)N2CC(C(=O)NCc3ccccc3)Oc3ccccc32)cc1C. The van der Waals surface area contributed by atoms with Crippen molar-refractivity contribution in [3.8, 4) is 11.5 Å². The van der Waals surface area contributed by atoms with Crippen LogP contribution in [0.1, 0.15) is 25.0 Å². The Labute approximate surface area is 229 Å². The first kappa shape index (κ1) is 28.1. The van der Waals surface area contributed by atoms with Crippen LogP contribution in [0.5, 0.6) is 11.5 Å². The molecular formula is C29H33N3O6S. The van der Waals surface area contributed by atoms with Crippen molar-refractivity contribution in [2.24, 2.45) is 0 Å². The van der Waals surface area contributed by atoms with E-state index < -0.39 is 28.6 Å². The summed E-state index contributed by atoms with van der Waals surface area (Å²) in [4.78, 5) is 28.1. The minimum Gasteiger partial charge on any atom is -0.494 e. The predicted octanol–water partition coefficient (Wildman–Crippen LogP) is 3.51. The number of sulfonamides is 1. The van der Waals surface area contributed by atoms with E-state index >= 15 is 0 Å². The van der Waals surface area contributed by atoms with Crippen molar-refractivity contribution < 1.29 is 27.5 Å². The molecule has 10 heteroatoms. The van der Waals surface area contributed by atoms with Crippen molar-refractivity contribution in [1.29, 1.82) is 0 Å². The maximum Gasteiger partial charge on any atom is 0.263 e. The third-order valence-corrected chi connectivity index (χ3v) is 8.34. The number of hydrogen-bond donors (Lipinski definition) is 1. The minimum atomic E-state index is -3.97. The summed E-state index contributed by atoms with van der Waals surface area (Å²) in [7, 11) is -3.97. The number of benzene rings is 3. The Balaban J connectivity index is 1.52. The van der Waals surface area contributed by atoms with Crippen molar-refractivity contribution in [3.63, 3.8) is 0 Å². The standard InChI is InChI=1S/C29H33N3O6S/c1-4-31(39(35,36)23-15-16-25(37-5-2)21(3)17-23)20-28(33)32-19-27(38-26-14-10-9-13-24(26)32)29(34)30-18-22-11-7-6-8-12-22/h6-17,27H,4-5,18-20H2,1-3H3,(H,30,34). The fourth-order valence-electron chi connectivity index (χ4n) is 4.36. The maximum absolute atomic E-state index is 13.6. The molecule has 1 atom stereocenters. The van der Waals surface area contributed by atoms with Crippen LogP contribution >= 0.6 is 0 Å². The number of carbonyl (C=O) groups excluding carboxylic acids is 2. The van der Waals surface area contributed by atoms with Gasteiger partial charge in [0.1, 0.15) is 11.5 Å². The number of amides is 2. The van der Waals surface area contributed by atoms with Crippen molar-refractivity contribution >= 4 is 27.5 Å². The number of ether oxygens (including phenoxy) is 2. The third-order valence-electron chi connectivity index (χ3n) is 6.43. The van der Waals surface area contributed by atoms with E-state index in [9.17, 15) is 18.0 Å². The van der Waals surface area contributed by atoms with Crippen LogP contribution in [0.25, 0.3) is 0 Å². The first-order chi connectivity index (χ1) is 18.7. The number of fused-ring (bicyclic) bond motifs is 1. The smallest absolute Gasteiger partial charge is 0.263 e. The van der Waals surface area contributed by atoms with Crippen LogP contribution in [-0.2, 0) is 26.2 Å². The number of nitrogens with one attached hydrogen (secondary N) is 1. The van der Waals surface area contributed by atoms with Gasteiger partial charge in [-0.2, -0.15) is 4.31 Å². The van der Waals surface area contributed by atoms with Gasteiger partial charge >= 0.3 is 0 Å². The summed E-state index contributed by atoms with van der Waals surface area (Å²) in [6.45, 7) is 5.75. The van der Waals surface area contributed by atoms with E-state index in [0.29, 0.717) is 35.9 Å². The van der Waals surface area contributed by atoms with Crippen molar-refractivity contribution in [1.82, 2.24) is 9.62 Å². The Kier molecular flexibility index (Phi) is 8.88. The normalized spacial score (nSPS) is 14.9. The van der Waals surface area contributed by atoms with E-state index in [1.54, 1.807) is 50.2 Å². The number of para-hydroxylation sites is 2. The zero-order valence-electron chi connectivity index (χ0n) is 22.3. The molecule has 0 fully saturated rings. The fourth-order valence-corrected chi connectivity index (χ4v) is 5.84. The lowest BCUT2D eigenvalue weighted by Gasteiger charge is -2.35. The summed E-state index contributed by atoms with van der Waals surface area (Å²) in [5.74, 6) is 0.165. The monoisotopic (exact) mass is 551 g/mol. The predicted molar refractivity (Wildman–Crippen MR) is 148 cm³/mol. The first-order valence-corrected chi connectivity index (χ1v) is 14.3. The lowest BCUT2D eigenvalue weighted by atomic mass is 10.1. The molecule has 9 nitrogen and oxygen atoms in total. The van der Waals surface area contributed by atoms with Gasteiger partial charge in [0.2, 0.25) is 15.9 Å². The average Bonchev–Trinajstić information content (AvgIpc) is 2.95. The quantitative estimate of drug-likeness (QED) is 0.414. The molecule has 2 amide bonds. The molecule has 0 saturated heterocycles. The molecule has 206 valence electrons. The van der Waals surface area contributed by atoms with Gasteiger partial charge in [-0.3, -0.25) is 9.59 Å². The van der Waals surface area contributed by atoms with Gasteiger partial charge < -0.3 is 19.7 Å². The summed E-state index contributed by atoms with van der Waals surface area (Å²) in [6, 6.07) is 21.0. The molecule has 0 spiro atoms. The topological polar surface area (TPSA) is 105 Å². The Hall–Kier alpha value is -3.89. The number of rotatable bonds is 10. The molecule has 1 aliphatic rings. The summed E-state index contributed by atoms with van der Waals surface area (Å²) in [5, 5.41) is 2.86. The minimum absolute atomic E-state index is 0.0454. The van der Waals surface area contributed by atoms with E-state index in [1.807, 2.05) is 37.3 Å². The Morgan fingerprint density at radius 3 is 2.46 bits per heavy atom. The Bertz CT molecular complexity index is 1430. The van der Waals surface area contributed by atoms with E-state index in [4.69, 9.17) is 9.47 Å². The second kappa shape index (κ2) is 12.3. The van der Waals surface area contributed by atoms with Crippen LogP contribution in [0, 0.1) is 6.92 Å². The Morgan fingerprint density at radius 2 is 1.77 bits per heavy atom. The molecule has 0 aliphatic carbocycles. The highest BCUT2D eigenvalue weighted by molar-refractivity contribution is 7.89. The molecule has 1 N–H and O–H groups in total. The number of nitrogens with zero attached hydrogens (tertiary/aromatic N) is 2. The summed E-state index contributed by atoms with van der Waals surface area (Å²) in [5.41, 5.74) is 2.11. The second-order valence-corrected chi connectivity index (χ2v) is 11.0. The zero-order valence-corrected chi connectivity index (χ0v) is 23.1. The van der Waals surface area contributed by atoms with Gasteiger partial charge in [-0.25, -0.2) is 8.42 Å². The molecule has 0 bridgehead atoms. The number of likely N-dealkylation sites (N-methyl/N-ethyl adjacent to an activating group) is 1. The largest absolute Gasteiger partial charge is 0.494 e. The van der Waals surface area contributed by atoms with Crippen molar-refractivity contribution in [2.75, 3.05) is 31.1 Å². The third kappa shape index (κ3) is 6.40. The average molecular weight is 552 g/mol. The van der Waals surface area contributed by atoms with E-state index in [-0.39, 0.29) is 23.9 Å². The highest BCUT2D eigenvalue weighted by atomic mass is 32.2. The summed E-state index contributed by atoms with van der Waals surface area (Å²) in [6.07, 6.45) is -0.951. The van der Waals surface area contributed by atoms with Crippen LogP contribution < -0.4 is 19.7 Å². The van der Waals surface area contributed by atoms with Crippen LogP contribution in [0.3, 0.4) is 0 Å². The molecule has 1 heterocycles. The highest BCUT2D eigenvalue weighted by Gasteiger charge is 2.35. The number of carbonyl (C=O) groups is 2. The molecule has 1 unspecified atom stereocenters. The summed E-state index contributed by atoms with van der Waals surface area (Å²) < 4.78 is 39.5. The fraction of sp³-hybridized carbons (Fsp3) is 0.310. The van der Waals surface area contributed by atoms with Crippen molar-refractivity contribution in [2.45, 2.75) is 38.3 Å². The number of anilines is 1. The van der Waals surface area contributed by atoms with Gasteiger partial charge in [0.15, 0.2) is 6.10 Å². The van der Waals surface area contributed by atoms with Crippen LogP contribution in [0.15, 0.2) is 77.7 Å². The number of hydrogen-bond acceptors (Lipinski definition) is 6. The van der Waals surface area contributed by atoms with Gasteiger partial charge in [-0.1, -0.05) is 49.4 Å². The molecule has 3 aromatic rings. The molecular weight excluding hydrogens is 518 g/mol. The van der Waals surface area contributed by atoms with Gasteiger partial charge in [0, 0.05) is 13.1 Å². The molecule has 39 heavy (non-hydrogen) atoms. The summed E-state index contributed by atoms with van der Waals surface area (Å²) >= 11 is 0. The van der Waals surface area contributed by atoms with E-state index in [1.165, 1.54) is 11.0 Å². The van der Waals surface area contributed by atoms with Gasteiger partial charge in [-0.15, -0.1) is 0 Å². The number of aryl methyl sites for hydroxylation is 1. The van der Waals surface area contributed by atoms with Crippen LogP contribution in [0.2, 0.25) is 0 Å². The highest BCUT2D eigenvalue weighted by Crippen LogP contribution is 2.33. The first-order valence-electron chi connectivity index (χ1n) is 12.9. The van der Waals surface area contributed by atoms with Gasteiger partial charge in [0.05, 0.1) is 30.3 Å². The molecule has 4 rings (SSSR count). The van der Waals surface area contributed by atoms with E-state index in [0.717, 1.165) is 9.87 Å². The lowest BCUT2D eigenvalue weighted by molar-refractivity contribution is -0.128.